The molecule has 0 amide bonds. The maximum absolute atomic E-state index is 5.88. The minimum atomic E-state index is 0.391. The second-order valence-corrected chi connectivity index (χ2v) is 4.54. The molecule has 0 unspecified atom stereocenters. The van der Waals surface area contributed by atoms with E-state index in [1.54, 1.807) is 19.2 Å². The topological polar surface area (TPSA) is 87.1 Å². The van der Waals surface area contributed by atoms with E-state index in [1.165, 1.54) is 0 Å². The van der Waals surface area contributed by atoms with Crippen molar-refractivity contribution < 1.29 is 9.26 Å². The number of hydrogen-bond donors (Lipinski definition) is 1. The van der Waals surface area contributed by atoms with Gasteiger partial charge in [-0.3, -0.25) is 0 Å². The van der Waals surface area contributed by atoms with Crippen molar-refractivity contribution in [2.24, 2.45) is 0 Å². The molecule has 1 aromatic carbocycles. The van der Waals surface area contributed by atoms with Gasteiger partial charge in [-0.25, -0.2) is 4.98 Å². The van der Waals surface area contributed by atoms with Crippen LogP contribution in [0.1, 0.15) is 5.69 Å². The molecule has 3 rings (SSSR count). The number of ether oxygens (including phenoxy) is 1. The fraction of sp³-hybridized carbons (Fsp3) is 0.133. The molecular formula is C15H14N4O2. The van der Waals surface area contributed by atoms with Gasteiger partial charge in [0.05, 0.1) is 12.8 Å². The Bertz CT molecular complexity index is 783. The summed E-state index contributed by atoms with van der Waals surface area (Å²) in [6, 6.07) is 11.0. The molecule has 2 aromatic heterocycles. The third kappa shape index (κ3) is 2.55. The lowest BCUT2D eigenvalue weighted by Gasteiger charge is -2.04. The van der Waals surface area contributed by atoms with Gasteiger partial charge in [0, 0.05) is 11.3 Å². The number of benzene rings is 1. The highest BCUT2D eigenvalue weighted by Crippen LogP contribution is 2.28. The third-order valence-electron chi connectivity index (χ3n) is 3.02. The molecule has 6 nitrogen and oxygen atoms in total. The third-order valence-corrected chi connectivity index (χ3v) is 3.02. The Labute approximate surface area is 121 Å². The maximum atomic E-state index is 5.88. The zero-order valence-corrected chi connectivity index (χ0v) is 11.7. The molecule has 0 aliphatic rings. The summed E-state index contributed by atoms with van der Waals surface area (Å²) in [6.07, 6.45) is 0. The molecule has 2 heterocycles. The van der Waals surface area contributed by atoms with Gasteiger partial charge in [-0.15, -0.1) is 0 Å². The van der Waals surface area contributed by atoms with Crippen LogP contribution in [0.25, 0.3) is 23.0 Å². The standard InChI is InChI=1S/C15H14N4O2/c1-9-4-3-5-12(17-9)14-18-15(21-19-14)10-6-7-13(20-2)11(16)8-10/h3-8H,16H2,1-2H3. The van der Waals surface area contributed by atoms with E-state index in [-0.39, 0.29) is 0 Å². The van der Waals surface area contributed by atoms with Crippen LogP contribution >= 0.6 is 0 Å². The first-order valence-electron chi connectivity index (χ1n) is 6.39. The summed E-state index contributed by atoms with van der Waals surface area (Å²) in [5.41, 5.74) is 8.70. The Morgan fingerprint density at radius 3 is 2.71 bits per heavy atom. The Hall–Kier alpha value is -2.89. The van der Waals surface area contributed by atoms with Crippen molar-refractivity contribution in [3.63, 3.8) is 0 Å². The fourth-order valence-electron chi connectivity index (χ4n) is 1.98. The summed E-state index contributed by atoms with van der Waals surface area (Å²) < 4.78 is 10.4. The minimum absolute atomic E-state index is 0.391. The van der Waals surface area contributed by atoms with Crippen molar-refractivity contribution in [3.05, 3.63) is 42.1 Å². The number of pyridine rings is 1. The number of rotatable bonds is 3. The van der Waals surface area contributed by atoms with Gasteiger partial charge >= 0.3 is 0 Å². The monoisotopic (exact) mass is 282 g/mol. The summed E-state index contributed by atoms with van der Waals surface area (Å²) in [5.74, 6) is 1.45. The first-order valence-corrected chi connectivity index (χ1v) is 6.39. The molecule has 0 saturated carbocycles. The van der Waals surface area contributed by atoms with Crippen LogP contribution in [-0.4, -0.2) is 22.2 Å². The second kappa shape index (κ2) is 5.24. The van der Waals surface area contributed by atoms with Gasteiger partial charge in [0.2, 0.25) is 5.82 Å². The van der Waals surface area contributed by atoms with Gasteiger partial charge < -0.3 is 15.0 Å². The minimum Gasteiger partial charge on any atom is -0.495 e. The Balaban J connectivity index is 1.96. The lowest BCUT2D eigenvalue weighted by Crippen LogP contribution is -1.92. The molecule has 106 valence electrons. The Morgan fingerprint density at radius 1 is 1.14 bits per heavy atom. The highest BCUT2D eigenvalue weighted by molar-refractivity contribution is 5.66. The van der Waals surface area contributed by atoms with E-state index >= 15 is 0 Å². The lowest BCUT2D eigenvalue weighted by atomic mass is 10.2. The van der Waals surface area contributed by atoms with E-state index in [2.05, 4.69) is 15.1 Å². The number of aromatic nitrogens is 3. The van der Waals surface area contributed by atoms with E-state index in [4.69, 9.17) is 15.0 Å². The van der Waals surface area contributed by atoms with Crippen molar-refractivity contribution in [2.75, 3.05) is 12.8 Å². The van der Waals surface area contributed by atoms with E-state index in [9.17, 15) is 0 Å². The number of nitrogen functional groups attached to an aromatic ring is 1. The first-order chi connectivity index (χ1) is 10.2. The number of methoxy groups -OCH3 is 1. The van der Waals surface area contributed by atoms with E-state index in [1.807, 2.05) is 31.2 Å². The van der Waals surface area contributed by atoms with Gasteiger partial charge in [-0.05, 0) is 37.3 Å². The molecule has 0 fully saturated rings. The quantitative estimate of drug-likeness (QED) is 0.743. The largest absolute Gasteiger partial charge is 0.495 e. The molecule has 3 aromatic rings. The normalized spacial score (nSPS) is 10.6. The molecule has 0 bridgehead atoms. The second-order valence-electron chi connectivity index (χ2n) is 4.54. The molecule has 0 aliphatic heterocycles. The highest BCUT2D eigenvalue weighted by Gasteiger charge is 2.13. The predicted octanol–water partition coefficient (Wildman–Crippen LogP) is 2.70. The smallest absolute Gasteiger partial charge is 0.258 e. The summed E-state index contributed by atoms with van der Waals surface area (Å²) in [6.45, 7) is 1.91. The van der Waals surface area contributed by atoms with Crippen molar-refractivity contribution in [2.45, 2.75) is 6.92 Å². The average Bonchev–Trinajstić information content (AvgIpc) is 2.97. The van der Waals surface area contributed by atoms with Crippen LogP contribution < -0.4 is 10.5 Å². The SMILES string of the molecule is COc1ccc(-c2nc(-c3cccc(C)n3)no2)cc1N. The lowest BCUT2D eigenvalue weighted by molar-refractivity contribution is 0.416. The van der Waals surface area contributed by atoms with Crippen LogP contribution in [0.2, 0.25) is 0 Å². The van der Waals surface area contributed by atoms with Crippen molar-refractivity contribution >= 4 is 5.69 Å². The van der Waals surface area contributed by atoms with E-state index in [0.29, 0.717) is 28.8 Å². The van der Waals surface area contributed by atoms with Crippen LogP contribution in [0.15, 0.2) is 40.9 Å². The molecule has 0 atom stereocenters. The molecule has 0 saturated heterocycles. The fourth-order valence-corrected chi connectivity index (χ4v) is 1.98. The van der Waals surface area contributed by atoms with Crippen LogP contribution in [-0.2, 0) is 0 Å². The maximum Gasteiger partial charge on any atom is 0.258 e. The van der Waals surface area contributed by atoms with Crippen LogP contribution in [0.4, 0.5) is 5.69 Å². The predicted molar refractivity (Wildman–Crippen MR) is 78.7 cm³/mol. The average molecular weight is 282 g/mol. The molecule has 0 aliphatic carbocycles. The van der Waals surface area contributed by atoms with Gasteiger partial charge in [0.1, 0.15) is 11.4 Å². The first kappa shape index (κ1) is 13.1. The van der Waals surface area contributed by atoms with Crippen molar-refractivity contribution in [1.29, 1.82) is 0 Å². The number of nitrogens with zero attached hydrogens (tertiary/aromatic N) is 3. The zero-order chi connectivity index (χ0) is 14.8. The van der Waals surface area contributed by atoms with Gasteiger partial charge in [0.25, 0.3) is 5.89 Å². The van der Waals surface area contributed by atoms with E-state index in [0.717, 1.165) is 11.3 Å². The van der Waals surface area contributed by atoms with E-state index < -0.39 is 0 Å². The molecule has 0 radical (unpaired) electrons. The van der Waals surface area contributed by atoms with Crippen LogP contribution in [0.5, 0.6) is 5.75 Å². The number of anilines is 1. The summed E-state index contributed by atoms with van der Waals surface area (Å²) in [5, 5.41) is 3.96. The van der Waals surface area contributed by atoms with Crippen molar-refractivity contribution in [1.82, 2.24) is 15.1 Å². The van der Waals surface area contributed by atoms with Crippen molar-refractivity contribution in [3.8, 4) is 28.7 Å². The molecule has 0 spiro atoms. The Kier molecular flexibility index (Phi) is 3.27. The molecule has 2 N–H and O–H groups in total. The van der Waals surface area contributed by atoms with Gasteiger partial charge in [-0.1, -0.05) is 11.2 Å². The number of hydrogen-bond acceptors (Lipinski definition) is 6. The zero-order valence-electron chi connectivity index (χ0n) is 11.7. The Morgan fingerprint density at radius 2 is 2.00 bits per heavy atom. The van der Waals surface area contributed by atoms with Crippen LogP contribution in [0, 0.1) is 6.92 Å². The number of aryl methyl sites for hydroxylation is 1. The molecule has 6 heteroatoms. The number of nitrogens with two attached hydrogens (primary N) is 1. The van der Waals surface area contributed by atoms with Crippen LogP contribution in [0.3, 0.4) is 0 Å². The molecular weight excluding hydrogens is 268 g/mol. The summed E-state index contributed by atoms with van der Waals surface area (Å²) in [7, 11) is 1.57. The van der Waals surface area contributed by atoms with Gasteiger partial charge in [0.15, 0.2) is 0 Å². The summed E-state index contributed by atoms with van der Waals surface area (Å²) in [4.78, 5) is 8.72. The molecule has 21 heavy (non-hydrogen) atoms. The van der Waals surface area contributed by atoms with Gasteiger partial charge in [-0.2, -0.15) is 4.98 Å². The summed E-state index contributed by atoms with van der Waals surface area (Å²) >= 11 is 0. The highest BCUT2D eigenvalue weighted by atomic mass is 16.5.